The van der Waals surface area contributed by atoms with Crippen LogP contribution in [0.1, 0.15) is 35.6 Å². The number of ether oxygens (including phenoxy) is 1. The minimum atomic E-state index is -0.778. The Kier molecular flexibility index (Phi) is 4.93. The first-order valence-corrected chi connectivity index (χ1v) is 9.35. The van der Waals surface area contributed by atoms with Gasteiger partial charge >= 0.3 is 5.97 Å². The van der Waals surface area contributed by atoms with Crippen molar-refractivity contribution in [3.63, 3.8) is 0 Å². The number of aliphatic carboxylic acids is 1. The van der Waals surface area contributed by atoms with Gasteiger partial charge in [-0.2, -0.15) is 0 Å². The zero-order valence-electron chi connectivity index (χ0n) is 15.1. The first kappa shape index (κ1) is 17.3. The van der Waals surface area contributed by atoms with Crippen LogP contribution in [-0.4, -0.2) is 11.1 Å². The Morgan fingerprint density at radius 2 is 1.81 bits per heavy atom. The lowest BCUT2D eigenvalue weighted by Gasteiger charge is -2.16. The summed E-state index contributed by atoms with van der Waals surface area (Å²) in [5.41, 5.74) is 6.02. The number of carboxylic acid groups (broad SMARTS) is 1. The molecule has 0 fully saturated rings. The van der Waals surface area contributed by atoms with Crippen molar-refractivity contribution in [1.82, 2.24) is 0 Å². The Bertz CT molecular complexity index is 947. The quantitative estimate of drug-likeness (QED) is 0.638. The van der Waals surface area contributed by atoms with Crippen LogP contribution < -0.4 is 4.74 Å². The zero-order chi connectivity index (χ0) is 18.6. The highest BCUT2D eigenvalue weighted by atomic mass is 16.5. The third-order valence-electron chi connectivity index (χ3n) is 5.08. The van der Waals surface area contributed by atoms with E-state index < -0.39 is 5.97 Å². The molecule has 3 heteroatoms. The normalized spacial score (nSPS) is 15.3. The van der Waals surface area contributed by atoms with E-state index >= 15 is 0 Å². The van der Waals surface area contributed by atoms with Gasteiger partial charge in [0.1, 0.15) is 11.9 Å². The Morgan fingerprint density at radius 1 is 0.963 bits per heavy atom. The van der Waals surface area contributed by atoms with Crippen molar-refractivity contribution < 1.29 is 14.6 Å². The average Bonchev–Trinajstić information content (AvgIpc) is 3.09. The van der Waals surface area contributed by atoms with Crippen LogP contribution in [0.2, 0.25) is 0 Å². The molecule has 27 heavy (non-hydrogen) atoms. The molecule has 3 aromatic rings. The van der Waals surface area contributed by atoms with Crippen LogP contribution in [0, 0.1) is 0 Å². The Labute approximate surface area is 159 Å². The van der Waals surface area contributed by atoms with E-state index in [-0.39, 0.29) is 12.5 Å². The van der Waals surface area contributed by atoms with Crippen molar-refractivity contribution >= 4 is 5.97 Å². The lowest BCUT2D eigenvalue weighted by molar-refractivity contribution is -0.136. The van der Waals surface area contributed by atoms with Gasteiger partial charge in [-0.05, 0) is 65.3 Å². The average molecular weight is 358 g/mol. The van der Waals surface area contributed by atoms with E-state index in [1.54, 1.807) is 0 Å². The Balaban J connectivity index is 1.54. The van der Waals surface area contributed by atoms with Gasteiger partial charge in [-0.1, -0.05) is 54.6 Å². The summed E-state index contributed by atoms with van der Waals surface area (Å²) in [6.45, 7) is 0. The third-order valence-corrected chi connectivity index (χ3v) is 5.08. The van der Waals surface area contributed by atoms with E-state index in [0.717, 1.165) is 24.2 Å². The van der Waals surface area contributed by atoms with Gasteiger partial charge in [-0.25, -0.2) is 0 Å². The summed E-state index contributed by atoms with van der Waals surface area (Å²) >= 11 is 0. The molecule has 0 bridgehead atoms. The molecular weight excluding hydrogens is 336 g/mol. The molecule has 0 saturated carbocycles. The van der Waals surface area contributed by atoms with Gasteiger partial charge in [0.15, 0.2) is 0 Å². The van der Waals surface area contributed by atoms with Crippen molar-refractivity contribution in [2.75, 3.05) is 0 Å². The van der Waals surface area contributed by atoms with E-state index in [9.17, 15) is 4.79 Å². The second-order valence-corrected chi connectivity index (χ2v) is 6.97. The smallest absolute Gasteiger partial charge is 0.303 e. The fraction of sp³-hybridized carbons (Fsp3) is 0.208. The van der Waals surface area contributed by atoms with Gasteiger partial charge in [-0.3, -0.25) is 4.79 Å². The van der Waals surface area contributed by atoms with E-state index in [0.29, 0.717) is 6.42 Å². The summed E-state index contributed by atoms with van der Waals surface area (Å²) in [7, 11) is 0. The predicted octanol–water partition coefficient (Wildman–Crippen LogP) is 5.44. The molecule has 1 N–H and O–H groups in total. The molecule has 3 nitrogen and oxygen atoms in total. The molecule has 0 saturated heterocycles. The molecule has 1 aliphatic rings. The van der Waals surface area contributed by atoms with Crippen molar-refractivity contribution in [2.45, 2.75) is 31.8 Å². The molecule has 0 aliphatic heterocycles. The minimum absolute atomic E-state index is 0.0402. The lowest BCUT2D eigenvalue weighted by atomic mass is 10.00. The van der Waals surface area contributed by atoms with Crippen LogP contribution in [0.5, 0.6) is 5.75 Å². The molecule has 0 heterocycles. The first-order valence-electron chi connectivity index (χ1n) is 9.35. The van der Waals surface area contributed by atoms with E-state index in [1.807, 2.05) is 30.3 Å². The number of aryl methyl sites for hydroxylation is 2. The van der Waals surface area contributed by atoms with E-state index in [4.69, 9.17) is 9.84 Å². The standard InChI is InChI=1S/C24H22O3/c25-24(26)14-9-17-5-4-8-21(15-17)27-23-13-12-19-10-11-20(16-22(19)23)18-6-2-1-3-7-18/h1-8,10-11,15-16,23H,9,12-14H2,(H,25,26). The molecule has 0 spiro atoms. The molecular formula is C24H22O3. The van der Waals surface area contributed by atoms with Crippen molar-refractivity contribution in [1.29, 1.82) is 0 Å². The summed E-state index contributed by atoms with van der Waals surface area (Å²) in [6.07, 6.45) is 2.68. The van der Waals surface area contributed by atoms with Crippen molar-refractivity contribution in [3.8, 4) is 16.9 Å². The van der Waals surface area contributed by atoms with Gasteiger partial charge in [0.05, 0.1) is 0 Å². The van der Waals surface area contributed by atoms with Crippen LogP contribution in [0.3, 0.4) is 0 Å². The van der Waals surface area contributed by atoms with Crippen LogP contribution in [0.25, 0.3) is 11.1 Å². The van der Waals surface area contributed by atoms with E-state index in [2.05, 4.69) is 42.5 Å². The molecule has 136 valence electrons. The topological polar surface area (TPSA) is 46.5 Å². The summed E-state index contributed by atoms with van der Waals surface area (Å²) in [4.78, 5) is 10.8. The maximum Gasteiger partial charge on any atom is 0.303 e. The lowest BCUT2D eigenvalue weighted by Crippen LogP contribution is -2.04. The van der Waals surface area contributed by atoms with Crippen LogP contribution in [0.4, 0.5) is 0 Å². The van der Waals surface area contributed by atoms with Gasteiger partial charge in [-0.15, -0.1) is 0 Å². The summed E-state index contributed by atoms with van der Waals surface area (Å²) in [6, 6.07) is 24.8. The summed E-state index contributed by atoms with van der Waals surface area (Å²) < 4.78 is 6.29. The summed E-state index contributed by atoms with van der Waals surface area (Å²) in [5.74, 6) is 0.0281. The van der Waals surface area contributed by atoms with Crippen molar-refractivity contribution in [2.24, 2.45) is 0 Å². The SMILES string of the molecule is O=C(O)CCc1cccc(OC2CCc3ccc(-c4ccccc4)cc32)c1. The van der Waals surface area contributed by atoms with Gasteiger partial charge in [0.25, 0.3) is 0 Å². The third kappa shape index (κ3) is 4.03. The number of carboxylic acids is 1. The second kappa shape index (κ2) is 7.67. The number of hydrogen-bond acceptors (Lipinski definition) is 2. The molecule has 0 radical (unpaired) electrons. The van der Waals surface area contributed by atoms with Gasteiger partial charge in [0, 0.05) is 6.42 Å². The molecule has 1 aliphatic carbocycles. The highest BCUT2D eigenvalue weighted by Crippen LogP contribution is 2.37. The molecule has 4 rings (SSSR count). The number of fused-ring (bicyclic) bond motifs is 1. The number of benzene rings is 3. The first-order chi connectivity index (χ1) is 13.2. The maximum absolute atomic E-state index is 10.8. The number of hydrogen-bond donors (Lipinski definition) is 1. The largest absolute Gasteiger partial charge is 0.486 e. The fourth-order valence-corrected chi connectivity index (χ4v) is 3.69. The van der Waals surface area contributed by atoms with Gasteiger partial charge in [0.2, 0.25) is 0 Å². The fourth-order valence-electron chi connectivity index (χ4n) is 3.69. The van der Waals surface area contributed by atoms with Crippen LogP contribution in [-0.2, 0) is 17.6 Å². The zero-order valence-corrected chi connectivity index (χ0v) is 15.1. The van der Waals surface area contributed by atoms with Gasteiger partial charge < -0.3 is 9.84 Å². The monoisotopic (exact) mass is 358 g/mol. The van der Waals surface area contributed by atoms with Crippen LogP contribution >= 0.6 is 0 Å². The van der Waals surface area contributed by atoms with Crippen molar-refractivity contribution in [3.05, 3.63) is 89.5 Å². The molecule has 1 atom stereocenters. The molecule has 0 aromatic heterocycles. The molecule has 1 unspecified atom stereocenters. The second-order valence-electron chi connectivity index (χ2n) is 6.97. The molecule has 0 amide bonds. The highest BCUT2D eigenvalue weighted by Gasteiger charge is 2.24. The van der Waals surface area contributed by atoms with E-state index in [1.165, 1.54) is 22.3 Å². The Hall–Kier alpha value is -3.07. The highest BCUT2D eigenvalue weighted by molar-refractivity contribution is 5.67. The molecule has 3 aromatic carbocycles. The number of rotatable bonds is 6. The summed E-state index contributed by atoms with van der Waals surface area (Å²) in [5, 5.41) is 8.87. The van der Waals surface area contributed by atoms with Crippen LogP contribution in [0.15, 0.2) is 72.8 Å². The minimum Gasteiger partial charge on any atom is -0.486 e. The maximum atomic E-state index is 10.8. The predicted molar refractivity (Wildman–Crippen MR) is 106 cm³/mol. The Morgan fingerprint density at radius 3 is 2.63 bits per heavy atom. The number of carbonyl (C=O) groups is 1.